The molecule has 1 aromatic rings. The molecule has 0 spiro atoms. The van der Waals surface area contributed by atoms with Crippen LogP contribution in [0, 0.1) is 0 Å². The van der Waals surface area contributed by atoms with Crippen LogP contribution in [0.2, 0.25) is 0 Å². The summed E-state index contributed by atoms with van der Waals surface area (Å²) in [5, 5.41) is 0. The number of esters is 1. The highest BCUT2D eigenvalue weighted by atomic mass is 16.5. The average Bonchev–Trinajstić information content (AvgIpc) is 2.30. The van der Waals surface area contributed by atoms with Gasteiger partial charge in [-0.15, -0.1) is 0 Å². The van der Waals surface area contributed by atoms with E-state index >= 15 is 0 Å². The first kappa shape index (κ1) is 6.37. The topological polar surface area (TPSA) is 52.3 Å². The molecule has 2 rings (SSSR count). The second kappa shape index (κ2) is 2.07. The van der Waals surface area contributed by atoms with E-state index in [1.807, 2.05) is 12.1 Å². The number of carbonyl (C=O) groups is 1. The normalized spacial score (nSPS) is 21.2. The lowest BCUT2D eigenvalue weighted by Crippen LogP contribution is -2.18. The molecule has 0 aliphatic carbocycles. The number of para-hydroxylation sites is 1. The van der Waals surface area contributed by atoms with Crippen molar-refractivity contribution in [3.05, 3.63) is 29.8 Å². The zero-order chi connectivity index (χ0) is 7.84. The number of hydrogen-bond acceptors (Lipinski definition) is 3. The summed E-state index contributed by atoms with van der Waals surface area (Å²) in [5.74, 6) is 0.219. The van der Waals surface area contributed by atoms with Gasteiger partial charge in [0, 0.05) is 5.56 Å². The molecule has 1 aromatic carbocycles. The summed E-state index contributed by atoms with van der Waals surface area (Å²) in [6.07, 6.45) is 0. The van der Waals surface area contributed by atoms with E-state index < -0.39 is 6.04 Å². The zero-order valence-corrected chi connectivity index (χ0v) is 5.78. The first-order chi connectivity index (χ1) is 5.29. The van der Waals surface area contributed by atoms with E-state index in [0.29, 0.717) is 5.75 Å². The van der Waals surface area contributed by atoms with Crippen LogP contribution in [0.5, 0.6) is 5.75 Å². The van der Waals surface area contributed by atoms with E-state index in [1.165, 1.54) is 0 Å². The van der Waals surface area contributed by atoms with E-state index in [4.69, 9.17) is 10.5 Å². The predicted octanol–water partition coefficient (Wildman–Crippen LogP) is 0.605. The van der Waals surface area contributed by atoms with E-state index in [2.05, 4.69) is 0 Å². The molecule has 3 nitrogen and oxygen atoms in total. The van der Waals surface area contributed by atoms with Crippen LogP contribution in [0.4, 0.5) is 0 Å². The van der Waals surface area contributed by atoms with Crippen molar-refractivity contribution >= 4 is 5.97 Å². The van der Waals surface area contributed by atoms with Gasteiger partial charge in [-0.25, -0.2) is 4.79 Å². The first-order valence-electron chi connectivity index (χ1n) is 3.35. The Bertz CT molecular complexity index is 309. The standard InChI is InChI=1S/C8H7NO2/c9-7-5-3-1-2-4-6(5)11-8(7)10/h1-4,7H,9H2/t7-/m0/s1. The van der Waals surface area contributed by atoms with Gasteiger partial charge in [0.25, 0.3) is 0 Å². The van der Waals surface area contributed by atoms with Gasteiger partial charge in [-0.1, -0.05) is 18.2 Å². The van der Waals surface area contributed by atoms with E-state index in [1.54, 1.807) is 12.1 Å². The van der Waals surface area contributed by atoms with Gasteiger partial charge in [-0.05, 0) is 6.07 Å². The number of nitrogens with two attached hydrogens (primary N) is 1. The molecule has 0 amide bonds. The van der Waals surface area contributed by atoms with Crippen LogP contribution in [0.1, 0.15) is 11.6 Å². The highest BCUT2D eigenvalue weighted by molar-refractivity contribution is 5.85. The Balaban J connectivity index is 2.55. The molecule has 0 fully saturated rings. The van der Waals surface area contributed by atoms with Gasteiger partial charge in [0.1, 0.15) is 11.8 Å². The number of fused-ring (bicyclic) bond motifs is 1. The fourth-order valence-corrected chi connectivity index (χ4v) is 1.13. The summed E-state index contributed by atoms with van der Waals surface area (Å²) in [6, 6.07) is 6.58. The van der Waals surface area contributed by atoms with Gasteiger partial charge in [-0.3, -0.25) is 0 Å². The maximum atomic E-state index is 10.9. The van der Waals surface area contributed by atoms with Crippen LogP contribution < -0.4 is 10.5 Å². The van der Waals surface area contributed by atoms with Crippen molar-refractivity contribution < 1.29 is 9.53 Å². The third-order valence-electron chi connectivity index (χ3n) is 1.72. The number of hydrogen-bond donors (Lipinski definition) is 1. The molecule has 1 aliphatic heterocycles. The van der Waals surface area contributed by atoms with Crippen LogP contribution in [0.15, 0.2) is 24.3 Å². The van der Waals surface area contributed by atoms with Crippen molar-refractivity contribution in [1.29, 1.82) is 0 Å². The summed E-state index contributed by atoms with van der Waals surface area (Å²) >= 11 is 0. The Kier molecular flexibility index (Phi) is 1.20. The fraction of sp³-hybridized carbons (Fsp3) is 0.125. The summed E-state index contributed by atoms with van der Waals surface area (Å²) in [6.45, 7) is 0. The van der Waals surface area contributed by atoms with Gasteiger partial charge in [0.15, 0.2) is 0 Å². The minimum absolute atomic E-state index is 0.369. The fourth-order valence-electron chi connectivity index (χ4n) is 1.13. The third-order valence-corrected chi connectivity index (χ3v) is 1.72. The van der Waals surface area contributed by atoms with Crippen LogP contribution in [0.3, 0.4) is 0 Å². The third kappa shape index (κ3) is 0.816. The summed E-state index contributed by atoms with van der Waals surface area (Å²) in [5.41, 5.74) is 6.29. The molecule has 0 saturated carbocycles. The van der Waals surface area contributed by atoms with Crippen LogP contribution in [0.25, 0.3) is 0 Å². The lowest BCUT2D eigenvalue weighted by Gasteiger charge is -1.95. The maximum absolute atomic E-state index is 10.9. The Morgan fingerprint density at radius 2 is 2.09 bits per heavy atom. The largest absolute Gasteiger partial charge is 0.425 e. The van der Waals surface area contributed by atoms with Crippen LogP contribution >= 0.6 is 0 Å². The molecule has 11 heavy (non-hydrogen) atoms. The smallest absolute Gasteiger partial charge is 0.333 e. The average molecular weight is 149 g/mol. The van der Waals surface area contributed by atoms with Gasteiger partial charge < -0.3 is 10.5 Å². The Hall–Kier alpha value is -1.35. The molecule has 0 aromatic heterocycles. The molecule has 1 heterocycles. The molecular formula is C8H7NO2. The second-order valence-electron chi connectivity index (χ2n) is 2.44. The van der Waals surface area contributed by atoms with Crippen LogP contribution in [-0.4, -0.2) is 5.97 Å². The molecule has 2 N–H and O–H groups in total. The zero-order valence-electron chi connectivity index (χ0n) is 5.78. The molecule has 1 aliphatic rings. The Morgan fingerprint density at radius 3 is 2.82 bits per heavy atom. The second-order valence-corrected chi connectivity index (χ2v) is 2.44. The van der Waals surface area contributed by atoms with Crippen molar-refractivity contribution in [2.45, 2.75) is 6.04 Å². The molecule has 1 atom stereocenters. The van der Waals surface area contributed by atoms with E-state index in [0.717, 1.165) is 5.56 Å². The highest BCUT2D eigenvalue weighted by Gasteiger charge is 2.28. The van der Waals surface area contributed by atoms with Crippen molar-refractivity contribution in [1.82, 2.24) is 0 Å². The molecule has 0 saturated heterocycles. The number of rotatable bonds is 0. The monoisotopic (exact) mass is 149 g/mol. The van der Waals surface area contributed by atoms with Crippen molar-refractivity contribution in [2.24, 2.45) is 5.73 Å². The molecular weight excluding hydrogens is 142 g/mol. The minimum Gasteiger partial charge on any atom is -0.425 e. The van der Waals surface area contributed by atoms with Gasteiger partial charge >= 0.3 is 5.97 Å². The Morgan fingerprint density at radius 1 is 1.36 bits per heavy atom. The van der Waals surface area contributed by atoms with E-state index in [9.17, 15) is 4.79 Å². The molecule has 56 valence electrons. The molecule has 3 heteroatoms. The lowest BCUT2D eigenvalue weighted by atomic mass is 10.1. The number of benzene rings is 1. The molecule has 0 bridgehead atoms. The number of ether oxygens (including phenoxy) is 1. The SMILES string of the molecule is N[C@@H]1C(=O)Oc2ccccc21. The summed E-state index contributed by atoms with van der Waals surface area (Å²) in [4.78, 5) is 10.9. The highest BCUT2D eigenvalue weighted by Crippen LogP contribution is 2.30. The van der Waals surface area contributed by atoms with Crippen molar-refractivity contribution in [2.75, 3.05) is 0 Å². The van der Waals surface area contributed by atoms with E-state index in [-0.39, 0.29) is 5.97 Å². The quantitative estimate of drug-likeness (QED) is 0.434. The first-order valence-corrected chi connectivity index (χ1v) is 3.35. The van der Waals surface area contributed by atoms with Crippen molar-refractivity contribution in [3.8, 4) is 5.75 Å². The Labute approximate surface area is 63.8 Å². The molecule has 0 radical (unpaired) electrons. The van der Waals surface area contributed by atoms with Gasteiger partial charge in [0.2, 0.25) is 0 Å². The predicted molar refractivity (Wildman–Crippen MR) is 39.0 cm³/mol. The van der Waals surface area contributed by atoms with Crippen LogP contribution in [-0.2, 0) is 4.79 Å². The van der Waals surface area contributed by atoms with Gasteiger partial charge in [-0.2, -0.15) is 0 Å². The van der Waals surface area contributed by atoms with Gasteiger partial charge in [0.05, 0.1) is 0 Å². The maximum Gasteiger partial charge on any atom is 0.333 e. The van der Waals surface area contributed by atoms with Crippen molar-refractivity contribution in [3.63, 3.8) is 0 Å². The minimum atomic E-state index is -0.591. The summed E-state index contributed by atoms with van der Waals surface area (Å²) < 4.78 is 4.86. The number of carbonyl (C=O) groups excluding carboxylic acids is 1. The molecule has 0 unspecified atom stereocenters. The lowest BCUT2D eigenvalue weighted by molar-refractivity contribution is -0.133. The summed E-state index contributed by atoms with van der Waals surface area (Å²) in [7, 11) is 0.